The average molecular weight is 268 g/mol. The van der Waals surface area contributed by atoms with Crippen LogP contribution in [-0.2, 0) is 6.54 Å². The van der Waals surface area contributed by atoms with Crippen LogP contribution in [0.5, 0.6) is 0 Å². The highest BCUT2D eigenvalue weighted by molar-refractivity contribution is 6.30. The van der Waals surface area contributed by atoms with Crippen LogP contribution in [0.25, 0.3) is 0 Å². The van der Waals surface area contributed by atoms with Gasteiger partial charge in [-0.2, -0.15) is 0 Å². The maximum Gasteiger partial charge on any atom is 0.0558 e. The Bertz CT molecular complexity index is 364. The Hall–Kier alpha value is -0.640. The zero-order chi connectivity index (χ0) is 12.8. The first-order valence-electron chi connectivity index (χ1n) is 6.85. The molecule has 0 unspecified atom stereocenters. The molecule has 0 amide bonds. The first kappa shape index (κ1) is 13.8. The SMILES string of the molecule is CCCN(Cc1cc(Cl)ccn1)C1CCNCC1. The van der Waals surface area contributed by atoms with Crippen molar-refractivity contribution < 1.29 is 0 Å². The van der Waals surface area contributed by atoms with Gasteiger partial charge in [-0.1, -0.05) is 18.5 Å². The number of nitrogens with one attached hydrogen (secondary N) is 1. The molecule has 0 aromatic carbocycles. The molecule has 0 aliphatic carbocycles. The maximum atomic E-state index is 6.02. The highest BCUT2D eigenvalue weighted by atomic mass is 35.5. The molecule has 1 N–H and O–H groups in total. The summed E-state index contributed by atoms with van der Waals surface area (Å²) in [4.78, 5) is 6.97. The van der Waals surface area contributed by atoms with Crippen LogP contribution in [0.15, 0.2) is 18.3 Å². The first-order valence-corrected chi connectivity index (χ1v) is 7.22. The van der Waals surface area contributed by atoms with E-state index in [1.807, 2.05) is 12.1 Å². The average Bonchev–Trinajstić information content (AvgIpc) is 2.39. The van der Waals surface area contributed by atoms with Gasteiger partial charge in [0.15, 0.2) is 0 Å². The summed E-state index contributed by atoms with van der Waals surface area (Å²) in [5.74, 6) is 0. The Labute approximate surface area is 115 Å². The number of nitrogens with zero attached hydrogens (tertiary/aromatic N) is 2. The van der Waals surface area contributed by atoms with Gasteiger partial charge in [0.05, 0.1) is 5.69 Å². The minimum atomic E-state index is 0.687. The van der Waals surface area contributed by atoms with Gasteiger partial charge in [-0.15, -0.1) is 0 Å². The first-order chi connectivity index (χ1) is 8.79. The number of hydrogen-bond acceptors (Lipinski definition) is 3. The van der Waals surface area contributed by atoms with Crippen molar-refractivity contribution in [1.82, 2.24) is 15.2 Å². The van der Waals surface area contributed by atoms with Crippen LogP contribution in [-0.4, -0.2) is 35.6 Å². The van der Waals surface area contributed by atoms with E-state index in [0.29, 0.717) is 6.04 Å². The monoisotopic (exact) mass is 267 g/mol. The molecule has 0 spiro atoms. The van der Waals surface area contributed by atoms with Crippen LogP contribution in [0.1, 0.15) is 31.9 Å². The fourth-order valence-electron chi connectivity index (χ4n) is 2.59. The Kier molecular flexibility index (Phi) is 5.42. The van der Waals surface area contributed by atoms with Crippen molar-refractivity contribution in [3.63, 3.8) is 0 Å². The van der Waals surface area contributed by atoms with E-state index in [1.165, 1.54) is 19.3 Å². The molecule has 2 rings (SSSR count). The predicted octanol–water partition coefficient (Wildman–Crippen LogP) is 2.70. The second-order valence-electron chi connectivity index (χ2n) is 4.92. The normalized spacial score (nSPS) is 17.3. The lowest BCUT2D eigenvalue weighted by Crippen LogP contribution is -2.43. The minimum Gasteiger partial charge on any atom is -0.317 e. The minimum absolute atomic E-state index is 0.687. The van der Waals surface area contributed by atoms with Gasteiger partial charge in [0.25, 0.3) is 0 Å². The molecular weight excluding hydrogens is 246 g/mol. The summed E-state index contributed by atoms with van der Waals surface area (Å²) in [5.41, 5.74) is 1.08. The van der Waals surface area contributed by atoms with E-state index in [4.69, 9.17) is 11.6 Å². The Balaban J connectivity index is 2.00. The summed E-state index contributed by atoms with van der Waals surface area (Å²) in [5, 5.41) is 4.20. The van der Waals surface area contributed by atoms with E-state index in [0.717, 1.165) is 36.9 Å². The van der Waals surface area contributed by atoms with Gasteiger partial charge in [-0.3, -0.25) is 9.88 Å². The molecule has 0 saturated carbocycles. The van der Waals surface area contributed by atoms with E-state index < -0.39 is 0 Å². The quantitative estimate of drug-likeness (QED) is 0.889. The summed E-state index contributed by atoms with van der Waals surface area (Å²) in [6.45, 7) is 6.55. The molecule has 1 aromatic rings. The zero-order valence-corrected chi connectivity index (χ0v) is 11.8. The largest absolute Gasteiger partial charge is 0.317 e. The number of aromatic nitrogens is 1. The summed E-state index contributed by atoms with van der Waals surface area (Å²) in [7, 11) is 0. The van der Waals surface area contributed by atoms with Crippen molar-refractivity contribution in [2.75, 3.05) is 19.6 Å². The van der Waals surface area contributed by atoms with Crippen molar-refractivity contribution >= 4 is 11.6 Å². The van der Waals surface area contributed by atoms with Crippen LogP contribution >= 0.6 is 11.6 Å². The van der Waals surface area contributed by atoms with Crippen molar-refractivity contribution in [3.8, 4) is 0 Å². The van der Waals surface area contributed by atoms with E-state index in [9.17, 15) is 0 Å². The lowest BCUT2D eigenvalue weighted by Gasteiger charge is -2.34. The van der Waals surface area contributed by atoms with Crippen molar-refractivity contribution in [2.45, 2.75) is 38.8 Å². The number of pyridine rings is 1. The van der Waals surface area contributed by atoms with Crippen LogP contribution < -0.4 is 5.32 Å². The highest BCUT2D eigenvalue weighted by Gasteiger charge is 2.20. The van der Waals surface area contributed by atoms with E-state index in [2.05, 4.69) is 22.1 Å². The van der Waals surface area contributed by atoms with Crippen LogP contribution in [0.3, 0.4) is 0 Å². The summed E-state index contributed by atoms with van der Waals surface area (Å²) in [6.07, 6.45) is 5.45. The lowest BCUT2D eigenvalue weighted by atomic mass is 10.0. The summed E-state index contributed by atoms with van der Waals surface area (Å²) >= 11 is 6.02. The Morgan fingerprint density at radius 1 is 1.44 bits per heavy atom. The fourth-order valence-corrected chi connectivity index (χ4v) is 2.78. The number of rotatable bonds is 5. The third-order valence-corrected chi connectivity index (χ3v) is 3.71. The molecule has 3 nitrogen and oxygen atoms in total. The third kappa shape index (κ3) is 3.94. The summed E-state index contributed by atoms with van der Waals surface area (Å²) in [6, 6.07) is 4.50. The van der Waals surface area contributed by atoms with E-state index in [-0.39, 0.29) is 0 Å². The van der Waals surface area contributed by atoms with Gasteiger partial charge in [0.1, 0.15) is 0 Å². The number of hydrogen-bond donors (Lipinski definition) is 1. The Morgan fingerprint density at radius 2 is 2.22 bits per heavy atom. The van der Waals surface area contributed by atoms with E-state index >= 15 is 0 Å². The molecule has 0 radical (unpaired) electrons. The van der Waals surface area contributed by atoms with Gasteiger partial charge < -0.3 is 5.32 Å². The van der Waals surface area contributed by atoms with Crippen molar-refractivity contribution in [3.05, 3.63) is 29.0 Å². The van der Waals surface area contributed by atoms with Crippen LogP contribution in [0.2, 0.25) is 5.02 Å². The highest BCUT2D eigenvalue weighted by Crippen LogP contribution is 2.17. The second-order valence-corrected chi connectivity index (χ2v) is 5.35. The van der Waals surface area contributed by atoms with E-state index in [1.54, 1.807) is 6.20 Å². The number of halogens is 1. The van der Waals surface area contributed by atoms with Gasteiger partial charge in [-0.05, 0) is 51.0 Å². The molecule has 1 fully saturated rings. The standard InChI is InChI=1S/C14H22ClN3/c1-2-9-18(14-4-6-16-7-5-14)11-13-10-12(15)3-8-17-13/h3,8,10,14,16H,2,4-7,9,11H2,1H3. The van der Waals surface area contributed by atoms with Gasteiger partial charge in [0.2, 0.25) is 0 Å². The third-order valence-electron chi connectivity index (χ3n) is 3.48. The molecule has 18 heavy (non-hydrogen) atoms. The lowest BCUT2D eigenvalue weighted by molar-refractivity contribution is 0.152. The van der Waals surface area contributed by atoms with Crippen LogP contribution in [0.4, 0.5) is 0 Å². The van der Waals surface area contributed by atoms with Gasteiger partial charge in [0, 0.05) is 23.8 Å². The van der Waals surface area contributed by atoms with Crippen LogP contribution in [0, 0.1) is 0 Å². The molecule has 1 saturated heterocycles. The number of piperidine rings is 1. The van der Waals surface area contributed by atoms with Crippen molar-refractivity contribution in [1.29, 1.82) is 0 Å². The Morgan fingerprint density at radius 3 is 2.89 bits per heavy atom. The molecule has 4 heteroatoms. The van der Waals surface area contributed by atoms with Crippen molar-refractivity contribution in [2.24, 2.45) is 0 Å². The molecule has 0 atom stereocenters. The topological polar surface area (TPSA) is 28.2 Å². The van der Waals surface area contributed by atoms with Gasteiger partial charge >= 0.3 is 0 Å². The summed E-state index contributed by atoms with van der Waals surface area (Å²) < 4.78 is 0. The smallest absolute Gasteiger partial charge is 0.0558 e. The molecule has 0 bridgehead atoms. The molecule has 1 aromatic heterocycles. The fraction of sp³-hybridized carbons (Fsp3) is 0.643. The molecule has 2 heterocycles. The molecular formula is C14H22ClN3. The maximum absolute atomic E-state index is 6.02. The van der Waals surface area contributed by atoms with Gasteiger partial charge in [-0.25, -0.2) is 0 Å². The molecule has 100 valence electrons. The molecule has 1 aliphatic rings. The zero-order valence-electron chi connectivity index (χ0n) is 11.0. The molecule has 1 aliphatic heterocycles. The predicted molar refractivity (Wildman–Crippen MR) is 75.8 cm³/mol. The second kappa shape index (κ2) is 7.07.